The van der Waals surface area contributed by atoms with Crippen LogP contribution in [0.25, 0.3) is 45.3 Å². The lowest BCUT2D eigenvalue weighted by molar-refractivity contribution is -0.114. The second-order valence-electron chi connectivity index (χ2n) is 13.1. The largest absolute Gasteiger partial charge is 0.382 e. The zero-order valence-corrected chi connectivity index (χ0v) is 30.7. The van der Waals surface area contributed by atoms with Crippen molar-refractivity contribution >= 4 is 34.4 Å². The summed E-state index contributed by atoms with van der Waals surface area (Å²) in [5.74, 6) is 0.754. The summed E-state index contributed by atoms with van der Waals surface area (Å²) in [5.41, 5.74) is 14.4. The molecule has 0 aliphatic carbocycles. The van der Waals surface area contributed by atoms with Crippen molar-refractivity contribution in [3.8, 4) is 34.3 Å². The SMILES string of the molecule is CC(=O)Nc1n[nH]c2nc(-c3cc(-c4ccon4)n(Cc4ccccc4F)n3)ncc12.NC1=NNC2N=C(c3cc(-c4ccon4)n(Cc4ccccc4F)n3)NC=C12. The number of hydrazone groups is 1. The number of nitrogens with two attached hydrogens (primary N) is 1. The lowest BCUT2D eigenvalue weighted by Crippen LogP contribution is -2.34. The first-order valence-corrected chi connectivity index (χ1v) is 17.8. The summed E-state index contributed by atoms with van der Waals surface area (Å²) in [6.07, 6.45) is 5.87. The van der Waals surface area contributed by atoms with Crippen LogP contribution in [0.15, 0.2) is 122 Å². The minimum Gasteiger partial charge on any atom is -0.382 e. The van der Waals surface area contributed by atoms with Crippen LogP contribution in [0.1, 0.15) is 23.7 Å². The van der Waals surface area contributed by atoms with Gasteiger partial charge in [-0.2, -0.15) is 20.4 Å². The molecule has 0 radical (unpaired) electrons. The second-order valence-corrected chi connectivity index (χ2v) is 13.1. The molecule has 0 fully saturated rings. The molecule has 2 aliphatic heterocycles. The van der Waals surface area contributed by atoms with E-state index < -0.39 is 0 Å². The van der Waals surface area contributed by atoms with E-state index in [-0.39, 0.29) is 36.8 Å². The normalized spacial score (nSPS) is 14.4. The molecule has 0 saturated heterocycles. The summed E-state index contributed by atoms with van der Waals surface area (Å²) in [6, 6.07) is 20.1. The number of amides is 1. The minimum absolute atomic E-state index is 0.188. The summed E-state index contributed by atoms with van der Waals surface area (Å²) < 4.78 is 41.6. The van der Waals surface area contributed by atoms with Gasteiger partial charge in [-0.25, -0.2) is 23.7 Å². The fourth-order valence-electron chi connectivity index (χ4n) is 6.28. The Morgan fingerprint density at radius 1 is 0.864 bits per heavy atom. The van der Waals surface area contributed by atoms with E-state index in [4.69, 9.17) is 14.8 Å². The Bertz CT molecular complexity index is 2910. The average molecular weight is 797 g/mol. The van der Waals surface area contributed by atoms with Gasteiger partial charge in [-0.1, -0.05) is 46.7 Å². The maximum atomic E-state index is 14.2. The van der Waals surface area contributed by atoms with Crippen molar-refractivity contribution in [1.82, 2.24) is 60.8 Å². The van der Waals surface area contributed by atoms with Gasteiger partial charge in [0.25, 0.3) is 0 Å². The predicted octanol–water partition coefficient (Wildman–Crippen LogP) is 4.18. The number of aromatic nitrogens is 10. The molecule has 0 bridgehead atoms. The number of hydrogen-bond donors (Lipinski definition) is 5. The molecule has 2 aromatic carbocycles. The minimum atomic E-state index is -0.358. The molecule has 1 unspecified atom stereocenters. The monoisotopic (exact) mass is 796 g/mol. The molecule has 294 valence electrons. The van der Waals surface area contributed by atoms with Crippen LogP contribution in [-0.4, -0.2) is 73.8 Å². The van der Waals surface area contributed by atoms with Crippen molar-refractivity contribution in [2.24, 2.45) is 15.8 Å². The molecule has 6 aromatic heterocycles. The van der Waals surface area contributed by atoms with Crippen molar-refractivity contribution in [3.05, 3.63) is 132 Å². The van der Waals surface area contributed by atoms with Gasteiger partial charge in [0.15, 0.2) is 35.1 Å². The molecule has 0 saturated carbocycles. The molecule has 8 aromatic rings. The fraction of sp³-hybridized carbons (Fsp3) is 0.105. The zero-order valence-electron chi connectivity index (χ0n) is 30.7. The number of nitrogens with one attached hydrogen (secondary N) is 4. The number of anilines is 1. The van der Waals surface area contributed by atoms with Crippen molar-refractivity contribution in [2.75, 3.05) is 5.32 Å². The Balaban J connectivity index is 0.000000153. The molecule has 6 N–H and O–H groups in total. The van der Waals surface area contributed by atoms with E-state index in [0.29, 0.717) is 79.6 Å². The number of hydrogen-bond acceptors (Lipinski definition) is 15. The maximum absolute atomic E-state index is 14.2. The molecule has 0 spiro atoms. The van der Waals surface area contributed by atoms with E-state index in [9.17, 15) is 13.6 Å². The molecule has 1 amide bonds. The van der Waals surface area contributed by atoms with Gasteiger partial charge in [-0.15, -0.1) is 0 Å². The van der Waals surface area contributed by atoms with E-state index >= 15 is 0 Å². The number of aromatic amines is 1. The highest BCUT2D eigenvalue weighted by Gasteiger charge is 2.28. The Labute approximate surface area is 330 Å². The summed E-state index contributed by atoms with van der Waals surface area (Å²) >= 11 is 0. The van der Waals surface area contributed by atoms with Gasteiger partial charge in [-0.3, -0.25) is 24.7 Å². The first-order chi connectivity index (χ1) is 28.8. The van der Waals surface area contributed by atoms with Crippen LogP contribution in [-0.2, 0) is 17.9 Å². The predicted molar refractivity (Wildman–Crippen MR) is 208 cm³/mol. The lowest BCUT2D eigenvalue weighted by Gasteiger charge is -2.16. The first kappa shape index (κ1) is 36.3. The third kappa shape index (κ3) is 7.37. The van der Waals surface area contributed by atoms with Crippen LogP contribution in [0, 0.1) is 11.6 Å². The molecular formula is C38H30F2N16O3. The molecular weight excluding hydrogens is 767 g/mol. The molecule has 21 heteroatoms. The number of carbonyl (C=O) groups excluding carboxylic acids is 1. The van der Waals surface area contributed by atoms with Crippen LogP contribution in [0.5, 0.6) is 0 Å². The van der Waals surface area contributed by atoms with Crippen LogP contribution in [0.2, 0.25) is 0 Å². The van der Waals surface area contributed by atoms with E-state index in [1.165, 1.54) is 31.6 Å². The highest BCUT2D eigenvalue weighted by atomic mass is 19.1. The number of benzene rings is 2. The zero-order chi connectivity index (χ0) is 40.5. The van der Waals surface area contributed by atoms with Gasteiger partial charge in [0.1, 0.15) is 46.9 Å². The van der Waals surface area contributed by atoms with Gasteiger partial charge in [0.2, 0.25) is 5.91 Å². The van der Waals surface area contributed by atoms with Crippen LogP contribution < -0.4 is 21.8 Å². The molecule has 8 heterocycles. The first-order valence-electron chi connectivity index (χ1n) is 17.8. The molecule has 10 rings (SSSR count). The Morgan fingerprint density at radius 2 is 1.49 bits per heavy atom. The Morgan fingerprint density at radius 3 is 2.10 bits per heavy atom. The van der Waals surface area contributed by atoms with Crippen molar-refractivity contribution in [3.63, 3.8) is 0 Å². The lowest BCUT2D eigenvalue weighted by atomic mass is 10.2. The smallest absolute Gasteiger partial charge is 0.222 e. The Hall–Kier alpha value is -8.36. The molecule has 59 heavy (non-hydrogen) atoms. The van der Waals surface area contributed by atoms with E-state index in [1.807, 2.05) is 6.07 Å². The highest BCUT2D eigenvalue weighted by Crippen LogP contribution is 2.27. The number of amidine groups is 2. The third-order valence-corrected chi connectivity index (χ3v) is 9.12. The van der Waals surface area contributed by atoms with Gasteiger partial charge in [0, 0.05) is 42.6 Å². The summed E-state index contributed by atoms with van der Waals surface area (Å²) in [7, 11) is 0. The number of nitrogens with zero attached hydrogens (tertiary/aromatic N) is 11. The number of aliphatic imine (C=N–C) groups is 1. The van der Waals surface area contributed by atoms with Crippen LogP contribution in [0.3, 0.4) is 0 Å². The Kier molecular flexibility index (Phi) is 9.40. The number of rotatable bonds is 9. The average Bonchev–Trinajstić information content (AvgIpc) is 4.10. The standard InChI is InChI=1S/C20H15FN8O2.C18H15FN8O/c1-11(30)23-18-13-9-22-20(24-19(13)26-25-18)16-8-17(15-6-7-31-28-15)29(27-16)10-12-4-2-3-5-14(12)21;19-12-4-2-1-3-10(12)9-27-15(13-5-6-28-26-13)7-14(25-27)18-21-8-11-16(20)23-24-17(11)22-18/h2-9H,10H2,1H3,(H2,22,23,24,25,26,30);1-8,17,24H,9H2,(H2,20,23)(H,21,22). The van der Waals surface area contributed by atoms with Gasteiger partial charge >= 0.3 is 0 Å². The second kappa shape index (κ2) is 15.3. The topological polar surface area (TPSA) is 246 Å². The summed E-state index contributed by atoms with van der Waals surface area (Å²) in [5, 5.41) is 34.2. The van der Waals surface area contributed by atoms with E-state index in [1.54, 1.807) is 76.4 Å². The van der Waals surface area contributed by atoms with Gasteiger partial charge in [-0.05, 0) is 24.3 Å². The fourth-order valence-corrected chi connectivity index (χ4v) is 6.28. The molecule has 1 atom stereocenters. The van der Waals surface area contributed by atoms with Gasteiger partial charge < -0.3 is 25.4 Å². The molecule has 2 aliphatic rings. The van der Waals surface area contributed by atoms with Crippen LogP contribution >= 0.6 is 0 Å². The van der Waals surface area contributed by atoms with E-state index in [2.05, 4.69) is 66.8 Å². The number of fused-ring (bicyclic) bond motifs is 2. The van der Waals surface area contributed by atoms with E-state index in [0.717, 1.165) is 5.57 Å². The van der Waals surface area contributed by atoms with Crippen molar-refractivity contribution < 1.29 is 22.6 Å². The summed E-state index contributed by atoms with van der Waals surface area (Å²) in [6.45, 7) is 1.82. The number of carbonyl (C=O) groups is 1. The quantitative estimate of drug-likeness (QED) is 0.138. The summed E-state index contributed by atoms with van der Waals surface area (Å²) in [4.78, 5) is 24.7. The van der Waals surface area contributed by atoms with Crippen LogP contribution in [0.4, 0.5) is 14.6 Å². The maximum Gasteiger partial charge on any atom is 0.222 e. The number of halogens is 2. The number of H-pyrrole nitrogens is 1. The van der Waals surface area contributed by atoms with Crippen molar-refractivity contribution in [2.45, 2.75) is 26.2 Å². The van der Waals surface area contributed by atoms with Gasteiger partial charge in [0.05, 0.1) is 35.4 Å². The highest BCUT2D eigenvalue weighted by molar-refractivity contribution is 6.05. The van der Waals surface area contributed by atoms with Crippen molar-refractivity contribution in [1.29, 1.82) is 0 Å². The molecule has 19 nitrogen and oxygen atoms in total. The third-order valence-electron chi connectivity index (χ3n) is 9.12.